The van der Waals surface area contributed by atoms with Gasteiger partial charge in [-0.1, -0.05) is 28.1 Å². The molecular weight excluding hydrogens is 512 g/mol. The van der Waals surface area contributed by atoms with Crippen molar-refractivity contribution in [1.29, 1.82) is 0 Å². The molecule has 0 aliphatic carbocycles. The topological polar surface area (TPSA) is 108 Å². The van der Waals surface area contributed by atoms with Crippen molar-refractivity contribution in [1.82, 2.24) is 9.97 Å². The normalized spacial score (nSPS) is 15.4. The number of benzene rings is 1. The average Bonchev–Trinajstić information content (AvgIpc) is 3.49. The van der Waals surface area contributed by atoms with Gasteiger partial charge in [0.05, 0.1) is 18.3 Å². The number of rotatable bonds is 8. The highest BCUT2D eigenvalue weighted by Gasteiger charge is 2.27. The molecule has 1 unspecified atom stereocenters. The Kier molecular flexibility index (Phi) is 7.31. The van der Waals surface area contributed by atoms with Crippen LogP contribution in [0, 0.1) is 17.0 Å². The quantitative estimate of drug-likeness (QED) is 0.303. The maximum Gasteiger partial charge on any atom is 0.406 e. The number of carbonyl (C=O) groups excluding carboxylic acids is 1. The van der Waals surface area contributed by atoms with Crippen molar-refractivity contribution in [2.75, 3.05) is 24.7 Å². The number of amides is 1. The lowest BCUT2D eigenvalue weighted by molar-refractivity contribution is -0.390. The summed E-state index contributed by atoms with van der Waals surface area (Å²) >= 11 is 4.77. The fourth-order valence-corrected chi connectivity index (χ4v) is 4.54. The van der Waals surface area contributed by atoms with Crippen molar-refractivity contribution in [3.63, 3.8) is 0 Å². The van der Waals surface area contributed by atoms with Crippen molar-refractivity contribution in [3.8, 4) is 17.0 Å². The molecule has 0 N–H and O–H groups in total. The molecule has 2 aromatic heterocycles. The van der Waals surface area contributed by atoms with Crippen LogP contribution < -0.4 is 9.64 Å². The largest absolute Gasteiger partial charge is 0.476 e. The number of ether oxygens (including phenoxy) is 2. The summed E-state index contributed by atoms with van der Waals surface area (Å²) in [6, 6.07) is 10.8. The van der Waals surface area contributed by atoms with Crippen molar-refractivity contribution in [2.24, 2.45) is 0 Å². The van der Waals surface area contributed by atoms with Gasteiger partial charge in [0.2, 0.25) is 5.75 Å². The molecule has 3 aromatic rings. The number of aryl methyl sites for hydroxylation is 1. The molecule has 1 aliphatic heterocycles. The number of anilines is 1. The van der Waals surface area contributed by atoms with E-state index in [2.05, 4.69) is 25.9 Å². The van der Waals surface area contributed by atoms with E-state index < -0.39 is 10.7 Å². The molecule has 1 amide bonds. The minimum atomic E-state index is -0.623. The Hall–Kier alpha value is -2.89. The second kappa shape index (κ2) is 10.4. The third-order valence-corrected chi connectivity index (χ3v) is 6.47. The van der Waals surface area contributed by atoms with Gasteiger partial charge in [0.25, 0.3) is 5.91 Å². The predicted octanol–water partition coefficient (Wildman–Crippen LogP) is 4.78. The Morgan fingerprint density at radius 2 is 2.09 bits per heavy atom. The number of aromatic nitrogens is 2. The first-order valence-corrected chi connectivity index (χ1v) is 12.0. The molecule has 4 rings (SSSR count). The summed E-state index contributed by atoms with van der Waals surface area (Å²) in [4.78, 5) is 33.9. The number of carbonyl (C=O) groups is 1. The smallest absolute Gasteiger partial charge is 0.406 e. The van der Waals surface area contributed by atoms with Crippen LogP contribution in [0.2, 0.25) is 0 Å². The van der Waals surface area contributed by atoms with Crippen LogP contribution in [-0.4, -0.2) is 46.7 Å². The molecule has 11 heteroatoms. The number of halogens is 1. The summed E-state index contributed by atoms with van der Waals surface area (Å²) in [5.74, 6) is -0.831. The average molecular weight is 533 g/mol. The highest BCUT2D eigenvalue weighted by atomic mass is 79.9. The SMILES string of the molecule is Cc1ccc(OCC(=O)N(CC2CCCO2)c2nc(-c3ccc(Br)cc3)cs2)c([N+](=O)[O-])n1. The lowest BCUT2D eigenvalue weighted by Crippen LogP contribution is -2.40. The first-order chi connectivity index (χ1) is 15.9. The van der Waals surface area contributed by atoms with E-state index in [1.54, 1.807) is 13.0 Å². The van der Waals surface area contributed by atoms with Crippen molar-refractivity contribution < 1.29 is 19.2 Å². The summed E-state index contributed by atoms with van der Waals surface area (Å²) in [7, 11) is 0. The van der Waals surface area contributed by atoms with E-state index in [9.17, 15) is 14.9 Å². The summed E-state index contributed by atoms with van der Waals surface area (Å²) < 4.78 is 12.2. The minimum Gasteiger partial charge on any atom is -0.476 e. The molecule has 33 heavy (non-hydrogen) atoms. The molecule has 172 valence electrons. The molecule has 0 saturated carbocycles. The van der Waals surface area contributed by atoms with Gasteiger partial charge in [-0.05, 0) is 47.0 Å². The third kappa shape index (κ3) is 5.73. The van der Waals surface area contributed by atoms with Crippen LogP contribution in [0.1, 0.15) is 18.5 Å². The maximum atomic E-state index is 13.2. The van der Waals surface area contributed by atoms with Gasteiger partial charge in [0, 0.05) is 28.9 Å². The molecule has 1 saturated heterocycles. The molecule has 1 fully saturated rings. The third-order valence-electron chi connectivity index (χ3n) is 5.08. The first-order valence-electron chi connectivity index (χ1n) is 10.3. The predicted molar refractivity (Wildman–Crippen MR) is 128 cm³/mol. The van der Waals surface area contributed by atoms with Crippen LogP contribution in [0.15, 0.2) is 46.3 Å². The van der Waals surface area contributed by atoms with Gasteiger partial charge in [-0.3, -0.25) is 9.69 Å². The van der Waals surface area contributed by atoms with E-state index >= 15 is 0 Å². The highest BCUT2D eigenvalue weighted by molar-refractivity contribution is 9.10. The summed E-state index contributed by atoms with van der Waals surface area (Å²) in [5, 5.41) is 13.7. The fourth-order valence-electron chi connectivity index (χ4n) is 3.41. The Bertz CT molecular complexity index is 1150. The van der Waals surface area contributed by atoms with Crippen LogP contribution >= 0.6 is 27.3 Å². The zero-order valence-corrected chi connectivity index (χ0v) is 20.2. The van der Waals surface area contributed by atoms with Crippen molar-refractivity contribution in [3.05, 3.63) is 62.1 Å². The second-order valence-electron chi connectivity index (χ2n) is 7.48. The van der Waals surface area contributed by atoms with Crippen LogP contribution in [0.4, 0.5) is 10.9 Å². The van der Waals surface area contributed by atoms with E-state index in [-0.39, 0.29) is 24.4 Å². The molecule has 0 radical (unpaired) electrons. The summed E-state index contributed by atoms with van der Waals surface area (Å²) in [5.41, 5.74) is 2.18. The molecule has 9 nitrogen and oxygen atoms in total. The second-order valence-corrected chi connectivity index (χ2v) is 9.23. The van der Waals surface area contributed by atoms with Gasteiger partial charge in [-0.25, -0.2) is 4.98 Å². The highest BCUT2D eigenvalue weighted by Crippen LogP contribution is 2.30. The van der Waals surface area contributed by atoms with Gasteiger partial charge >= 0.3 is 5.82 Å². The number of thiazole rings is 1. The zero-order valence-electron chi connectivity index (χ0n) is 17.8. The number of hydrogen-bond donors (Lipinski definition) is 0. The van der Waals surface area contributed by atoms with Gasteiger partial charge in [0.15, 0.2) is 11.7 Å². The van der Waals surface area contributed by atoms with Crippen LogP contribution in [0.25, 0.3) is 11.3 Å². The molecule has 0 spiro atoms. The molecule has 1 atom stereocenters. The minimum absolute atomic E-state index is 0.0503. The number of nitrogens with zero attached hydrogens (tertiary/aromatic N) is 4. The van der Waals surface area contributed by atoms with E-state index in [1.807, 2.05) is 29.6 Å². The Labute approximate surface area is 202 Å². The standard InChI is InChI=1S/C22H21BrN4O5S/c1-14-4-9-19(21(24-14)27(29)30)32-12-20(28)26(11-17-3-2-10-31-17)22-25-18(13-33-22)15-5-7-16(23)8-6-15/h4-9,13,17H,2-3,10-12H2,1H3. The monoisotopic (exact) mass is 532 g/mol. The molecule has 3 heterocycles. The Morgan fingerprint density at radius 1 is 1.30 bits per heavy atom. The van der Waals surface area contributed by atoms with E-state index in [0.29, 0.717) is 24.0 Å². The van der Waals surface area contributed by atoms with Gasteiger partial charge in [0.1, 0.15) is 5.69 Å². The molecule has 1 aliphatic rings. The molecular formula is C22H21BrN4O5S. The number of hydrogen-bond acceptors (Lipinski definition) is 8. The summed E-state index contributed by atoms with van der Waals surface area (Å²) in [6.07, 6.45) is 1.69. The maximum absolute atomic E-state index is 13.2. The van der Waals surface area contributed by atoms with Crippen LogP contribution in [0.5, 0.6) is 5.75 Å². The summed E-state index contributed by atoms with van der Waals surface area (Å²) in [6.45, 7) is 2.26. The van der Waals surface area contributed by atoms with Gasteiger partial charge in [-0.2, -0.15) is 0 Å². The molecule has 1 aromatic carbocycles. The Balaban J connectivity index is 1.54. The molecule has 0 bridgehead atoms. The Morgan fingerprint density at radius 3 is 2.79 bits per heavy atom. The van der Waals surface area contributed by atoms with E-state index in [0.717, 1.165) is 28.6 Å². The van der Waals surface area contributed by atoms with Crippen molar-refractivity contribution in [2.45, 2.75) is 25.9 Å². The fraction of sp³-hybridized carbons (Fsp3) is 0.318. The van der Waals surface area contributed by atoms with Gasteiger partial charge < -0.3 is 19.6 Å². The van der Waals surface area contributed by atoms with E-state index in [4.69, 9.17) is 9.47 Å². The van der Waals surface area contributed by atoms with Gasteiger partial charge in [-0.15, -0.1) is 11.3 Å². The van der Waals surface area contributed by atoms with Crippen molar-refractivity contribution >= 4 is 44.1 Å². The number of nitro groups is 1. The zero-order chi connectivity index (χ0) is 23.4. The first kappa shape index (κ1) is 23.3. The lowest BCUT2D eigenvalue weighted by Gasteiger charge is -2.23. The van der Waals surface area contributed by atoms with Crippen LogP contribution in [0.3, 0.4) is 0 Å². The number of pyridine rings is 1. The lowest BCUT2D eigenvalue weighted by atomic mass is 10.2. The van der Waals surface area contributed by atoms with E-state index in [1.165, 1.54) is 22.3 Å². The van der Waals surface area contributed by atoms with Crippen LogP contribution in [-0.2, 0) is 9.53 Å².